The maximum Gasteiger partial charge on any atom is 0.167 e. The van der Waals surface area contributed by atoms with Crippen molar-refractivity contribution < 1.29 is 24.4 Å². The molecular weight excluding hydrogens is 528 g/mol. The first kappa shape index (κ1) is 36.7. The van der Waals surface area contributed by atoms with Crippen molar-refractivity contribution in [1.82, 2.24) is 0 Å². The minimum atomic E-state index is -1.04. The zero-order chi connectivity index (χ0) is 28.6. The first-order chi connectivity index (χ1) is 19.0. The third-order valence-corrected chi connectivity index (χ3v) is 8.33. The van der Waals surface area contributed by atoms with Gasteiger partial charge in [0.1, 0.15) is 12.2 Å². The smallest absolute Gasteiger partial charge is 0.167 e. The minimum Gasteiger partial charge on any atom is -0.477 e. The number of hydrogen-bond acceptors (Lipinski definition) is 7. The molecule has 0 aromatic rings. The minimum absolute atomic E-state index is 0.269. The summed E-state index contributed by atoms with van der Waals surface area (Å²) in [7, 11) is 0. The fraction of sp³-hybridized carbons (Fsp3) is 0.938. The van der Waals surface area contributed by atoms with Crippen molar-refractivity contribution in [3.05, 3.63) is 0 Å². The molecule has 230 valence electrons. The van der Waals surface area contributed by atoms with Gasteiger partial charge in [-0.15, -0.1) is 0 Å². The second-order valence-electron chi connectivity index (χ2n) is 11.4. The Morgan fingerprint density at radius 1 is 0.667 bits per heavy atom. The molecule has 0 aromatic heterocycles. The molecule has 1 rings (SSSR count). The molecular formula is C32H60O5S2. The molecule has 0 radical (unpaired) electrons. The lowest BCUT2D eigenvalue weighted by molar-refractivity contribution is -0.0639. The standard InChI is InChI=1S/C32H60O5S2/c1-3-5-7-9-11-13-15-17-19-21-23-29(38)36-28-26-35-31(27(34)25-33)32(28)37-30(39)24-22-20-18-16-14-12-10-8-6-4-2/h27-28,31-34H,3-26H2,1-2H3/t27-,28+,31+,32+/m1/s1. The summed E-state index contributed by atoms with van der Waals surface area (Å²) in [5, 5.41) is 20.9. The van der Waals surface area contributed by atoms with Crippen molar-refractivity contribution >= 4 is 34.5 Å². The summed E-state index contributed by atoms with van der Waals surface area (Å²) < 4.78 is 17.9. The molecule has 4 atom stereocenters. The van der Waals surface area contributed by atoms with E-state index in [0.29, 0.717) is 16.5 Å². The molecule has 0 unspecified atom stereocenters. The van der Waals surface area contributed by atoms with Crippen LogP contribution < -0.4 is 0 Å². The number of aliphatic hydroxyl groups excluding tert-OH is 2. The Bertz CT molecular complexity index is 603. The number of ether oxygens (including phenoxy) is 3. The van der Waals surface area contributed by atoms with Crippen molar-refractivity contribution in [2.45, 2.75) is 180 Å². The van der Waals surface area contributed by atoms with Crippen LogP contribution in [-0.4, -0.2) is 57.9 Å². The van der Waals surface area contributed by atoms with E-state index in [9.17, 15) is 10.2 Å². The molecule has 1 saturated heterocycles. The highest BCUT2D eigenvalue weighted by Gasteiger charge is 2.45. The van der Waals surface area contributed by atoms with Gasteiger partial charge in [-0.25, -0.2) is 0 Å². The summed E-state index contributed by atoms with van der Waals surface area (Å²) in [6.45, 7) is 4.38. The Hall–Kier alpha value is -0.340. The Kier molecular flexibility index (Phi) is 23.9. The van der Waals surface area contributed by atoms with Gasteiger partial charge >= 0.3 is 0 Å². The van der Waals surface area contributed by atoms with E-state index in [-0.39, 0.29) is 6.61 Å². The van der Waals surface area contributed by atoms with Crippen LogP contribution in [0.5, 0.6) is 0 Å². The fourth-order valence-corrected chi connectivity index (χ4v) is 5.76. The van der Waals surface area contributed by atoms with Gasteiger partial charge in [0, 0.05) is 12.8 Å². The summed E-state index contributed by atoms with van der Waals surface area (Å²) in [4.78, 5) is 0. The lowest BCUT2D eigenvalue weighted by Crippen LogP contribution is -2.44. The monoisotopic (exact) mass is 588 g/mol. The second-order valence-corrected chi connectivity index (χ2v) is 12.3. The predicted molar refractivity (Wildman–Crippen MR) is 171 cm³/mol. The van der Waals surface area contributed by atoms with Gasteiger partial charge in [-0.05, 0) is 37.3 Å². The lowest BCUT2D eigenvalue weighted by Gasteiger charge is -2.27. The molecule has 0 bridgehead atoms. The molecule has 1 aliphatic rings. The third kappa shape index (κ3) is 18.7. The molecule has 7 heteroatoms. The maximum absolute atomic E-state index is 10.3. The van der Waals surface area contributed by atoms with Gasteiger partial charge in [0.25, 0.3) is 0 Å². The van der Waals surface area contributed by atoms with Crippen LogP contribution in [0.4, 0.5) is 0 Å². The van der Waals surface area contributed by atoms with Gasteiger partial charge in [0.05, 0.1) is 13.2 Å². The molecule has 0 spiro atoms. The Morgan fingerprint density at radius 2 is 1.05 bits per heavy atom. The van der Waals surface area contributed by atoms with Crippen molar-refractivity contribution in [2.24, 2.45) is 0 Å². The first-order valence-electron chi connectivity index (χ1n) is 16.3. The van der Waals surface area contributed by atoms with Crippen LogP contribution >= 0.6 is 24.4 Å². The largest absolute Gasteiger partial charge is 0.477 e. The maximum atomic E-state index is 10.3. The quantitative estimate of drug-likeness (QED) is 0.0773. The van der Waals surface area contributed by atoms with Crippen molar-refractivity contribution in [3.8, 4) is 0 Å². The summed E-state index contributed by atoms with van der Waals surface area (Å²) in [5.74, 6) is 0. The van der Waals surface area contributed by atoms with Crippen LogP contribution in [0.25, 0.3) is 0 Å². The van der Waals surface area contributed by atoms with Crippen LogP contribution in [0.1, 0.15) is 155 Å². The summed E-state index contributed by atoms with van der Waals surface area (Å²) in [5.41, 5.74) is 0. The molecule has 1 heterocycles. The number of rotatable bonds is 26. The number of aliphatic hydroxyl groups is 2. The zero-order valence-corrected chi connectivity index (χ0v) is 26.8. The van der Waals surface area contributed by atoms with E-state index in [0.717, 1.165) is 32.1 Å². The van der Waals surface area contributed by atoms with E-state index in [1.165, 1.54) is 103 Å². The average Bonchev–Trinajstić information content (AvgIpc) is 3.31. The fourth-order valence-electron chi connectivity index (χ4n) is 5.24. The van der Waals surface area contributed by atoms with E-state index in [1.54, 1.807) is 0 Å². The summed E-state index contributed by atoms with van der Waals surface area (Å²) in [6.07, 6.45) is 24.3. The molecule has 0 saturated carbocycles. The van der Waals surface area contributed by atoms with Crippen molar-refractivity contribution in [1.29, 1.82) is 0 Å². The first-order valence-corrected chi connectivity index (χ1v) is 17.1. The van der Waals surface area contributed by atoms with Crippen LogP contribution in [-0.2, 0) is 14.2 Å². The van der Waals surface area contributed by atoms with E-state index in [4.69, 9.17) is 38.6 Å². The van der Waals surface area contributed by atoms with Crippen LogP contribution in [0.15, 0.2) is 0 Å². The summed E-state index contributed by atoms with van der Waals surface area (Å²) >= 11 is 11.1. The van der Waals surface area contributed by atoms with Gasteiger partial charge in [0.2, 0.25) is 0 Å². The normalized spacial score (nSPS) is 19.7. The van der Waals surface area contributed by atoms with E-state index < -0.39 is 31.0 Å². The highest BCUT2D eigenvalue weighted by Crippen LogP contribution is 2.26. The predicted octanol–water partition coefficient (Wildman–Crippen LogP) is 8.79. The summed E-state index contributed by atoms with van der Waals surface area (Å²) in [6, 6.07) is 0. The molecule has 0 aliphatic carbocycles. The van der Waals surface area contributed by atoms with Crippen LogP contribution in [0.2, 0.25) is 0 Å². The van der Waals surface area contributed by atoms with Gasteiger partial charge < -0.3 is 24.4 Å². The van der Waals surface area contributed by atoms with E-state index in [2.05, 4.69) is 13.8 Å². The lowest BCUT2D eigenvalue weighted by atomic mass is 10.1. The van der Waals surface area contributed by atoms with Gasteiger partial charge in [0.15, 0.2) is 22.3 Å². The zero-order valence-electron chi connectivity index (χ0n) is 25.2. The van der Waals surface area contributed by atoms with Crippen molar-refractivity contribution in [3.63, 3.8) is 0 Å². The number of unbranched alkanes of at least 4 members (excludes halogenated alkanes) is 18. The van der Waals surface area contributed by atoms with Gasteiger partial charge in [-0.3, -0.25) is 0 Å². The van der Waals surface area contributed by atoms with Gasteiger partial charge in [-0.1, -0.05) is 129 Å². The molecule has 0 amide bonds. The van der Waals surface area contributed by atoms with Crippen LogP contribution in [0, 0.1) is 0 Å². The topological polar surface area (TPSA) is 68.2 Å². The second kappa shape index (κ2) is 25.4. The van der Waals surface area contributed by atoms with Gasteiger partial charge in [-0.2, -0.15) is 0 Å². The molecule has 5 nitrogen and oxygen atoms in total. The Balaban J connectivity index is 2.27. The Labute approximate surface area is 251 Å². The third-order valence-electron chi connectivity index (χ3n) is 7.73. The highest BCUT2D eigenvalue weighted by molar-refractivity contribution is 7.80. The molecule has 2 N–H and O–H groups in total. The number of hydrogen-bond donors (Lipinski definition) is 2. The SMILES string of the molecule is CCCCCCCCCCCCC(=S)O[C@@H]1[C@H]([C@H](O)CO)OC[C@@H]1OC(=S)CCCCCCCCCCCC. The van der Waals surface area contributed by atoms with Crippen molar-refractivity contribution in [2.75, 3.05) is 13.2 Å². The van der Waals surface area contributed by atoms with Crippen LogP contribution in [0.3, 0.4) is 0 Å². The Morgan fingerprint density at radius 3 is 1.46 bits per heavy atom. The van der Waals surface area contributed by atoms with E-state index >= 15 is 0 Å². The number of thiocarbonyl (C=S) groups is 2. The molecule has 1 fully saturated rings. The van der Waals surface area contributed by atoms with E-state index in [1.807, 2.05) is 0 Å². The molecule has 39 heavy (non-hydrogen) atoms. The molecule has 0 aromatic carbocycles. The average molecular weight is 589 g/mol. The molecule has 1 aliphatic heterocycles. The highest BCUT2D eigenvalue weighted by atomic mass is 32.1.